The van der Waals surface area contributed by atoms with E-state index in [-0.39, 0.29) is 17.3 Å². The molecule has 9 nitrogen and oxygen atoms in total. The normalized spacial score (nSPS) is 11.7. The number of H-pyrrole nitrogens is 2. The number of carbonyl (C=O) groups is 1. The average molecular weight is 272 g/mol. The van der Waals surface area contributed by atoms with Crippen molar-refractivity contribution < 1.29 is 9.90 Å². The maximum absolute atomic E-state index is 11.0. The zero-order chi connectivity index (χ0) is 13.7. The van der Waals surface area contributed by atoms with Crippen molar-refractivity contribution in [2.75, 3.05) is 11.5 Å². The molecule has 2 aromatic heterocycles. The molecule has 0 aliphatic rings. The van der Waals surface area contributed by atoms with Crippen molar-refractivity contribution in [2.45, 2.75) is 6.04 Å². The summed E-state index contributed by atoms with van der Waals surface area (Å²) in [6.07, 6.45) is 1.40. The van der Waals surface area contributed by atoms with Crippen LogP contribution in [-0.4, -0.2) is 42.8 Å². The van der Waals surface area contributed by atoms with E-state index in [0.29, 0.717) is 11.2 Å². The fraction of sp³-hybridized carbons (Fsp3) is 0.250. The van der Waals surface area contributed by atoms with Crippen molar-refractivity contribution >= 4 is 35.7 Å². The van der Waals surface area contributed by atoms with Gasteiger partial charge < -0.3 is 21.6 Å². The van der Waals surface area contributed by atoms with Crippen LogP contribution in [0.1, 0.15) is 0 Å². The highest BCUT2D eigenvalue weighted by atomic mass is 32.1. The van der Waals surface area contributed by atoms with Gasteiger partial charge in [0.15, 0.2) is 11.2 Å². The topological polar surface area (TPSA) is 164 Å². The molecule has 0 aliphatic heterocycles. The van der Waals surface area contributed by atoms with Crippen LogP contribution in [0.2, 0.25) is 0 Å². The van der Waals surface area contributed by atoms with Crippen LogP contribution in [0.3, 0.4) is 0 Å². The van der Waals surface area contributed by atoms with E-state index in [4.69, 9.17) is 16.6 Å². The first-order chi connectivity index (χ1) is 8.45. The number of anilines is 1. The summed E-state index contributed by atoms with van der Waals surface area (Å²) in [5, 5.41) is 8.01. The van der Waals surface area contributed by atoms with Gasteiger partial charge in [-0.1, -0.05) is 0 Å². The minimum atomic E-state index is -1.00. The van der Waals surface area contributed by atoms with E-state index in [9.17, 15) is 9.59 Å². The predicted molar refractivity (Wildman–Crippen MR) is 68.4 cm³/mol. The predicted octanol–water partition coefficient (Wildman–Crippen LogP) is -1.44. The Labute approximate surface area is 106 Å². The number of aromatic nitrogens is 4. The highest BCUT2D eigenvalue weighted by molar-refractivity contribution is 7.80. The molecule has 7 N–H and O–H groups in total. The first kappa shape index (κ1) is 14.0. The number of nitrogens with one attached hydrogen (secondary N) is 2. The van der Waals surface area contributed by atoms with Crippen molar-refractivity contribution in [3.63, 3.8) is 0 Å². The Kier molecular flexibility index (Phi) is 4.68. The number of nitrogens with two attached hydrogens (primary N) is 2. The number of carboxylic acids is 1. The van der Waals surface area contributed by atoms with E-state index in [1.807, 2.05) is 0 Å². The number of hydrogen-bond donors (Lipinski definition) is 6. The molecule has 18 heavy (non-hydrogen) atoms. The number of imidazole rings is 1. The number of rotatable bonds is 2. The molecular formula is C8H12N6O3S. The number of nitrogen functional groups attached to an aromatic ring is 1. The van der Waals surface area contributed by atoms with Gasteiger partial charge in [-0.3, -0.25) is 14.6 Å². The van der Waals surface area contributed by atoms with Crippen molar-refractivity contribution in [3.05, 3.63) is 16.7 Å². The molecule has 0 bridgehead atoms. The number of thiol groups is 1. The average Bonchev–Trinajstić information content (AvgIpc) is 2.76. The monoisotopic (exact) mass is 272 g/mol. The second-order valence-corrected chi connectivity index (χ2v) is 3.54. The minimum absolute atomic E-state index is 0.0783. The summed E-state index contributed by atoms with van der Waals surface area (Å²) >= 11 is 3.65. The second kappa shape index (κ2) is 6.02. The largest absolute Gasteiger partial charge is 0.480 e. The van der Waals surface area contributed by atoms with E-state index >= 15 is 0 Å². The lowest BCUT2D eigenvalue weighted by Crippen LogP contribution is -2.31. The lowest BCUT2D eigenvalue weighted by molar-refractivity contribution is -0.137. The summed E-state index contributed by atoms with van der Waals surface area (Å²) in [5.74, 6) is -0.736. The number of hydrogen-bond acceptors (Lipinski definition) is 7. The van der Waals surface area contributed by atoms with Gasteiger partial charge in [0.2, 0.25) is 5.95 Å². The van der Waals surface area contributed by atoms with Crippen LogP contribution in [0.15, 0.2) is 11.1 Å². The summed E-state index contributed by atoms with van der Waals surface area (Å²) in [6, 6.07) is -0.816. The molecule has 0 aliphatic carbocycles. The van der Waals surface area contributed by atoms with Gasteiger partial charge in [0, 0.05) is 5.75 Å². The zero-order valence-corrected chi connectivity index (χ0v) is 10.0. The summed E-state index contributed by atoms with van der Waals surface area (Å²) in [7, 11) is 0. The van der Waals surface area contributed by atoms with Crippen molar-refractivity contribution in [1.82, 2.24) is 19.9 Å². The first-order valence-electron chi connectivity index (χ1n) is 4.73. The Hall–Kier alpha value is -2.07. The second-order valence-electron chi connectivity index (χ2n) is 3.18. The van der Waals surface area contributed by atoms with Crippen LogP contribution in [0, 0.1) is 0 Å². The molecule has 10 heteroatoms. The van der Waals surface area contributed by atoms with Crippen LogP contribution in [0.5, 0.6) is 0 Å². The molecule has 0 spiro atoms. The van der Waals surface area contributed by atoms with Crippen LogP contribution in [0.4, 0.5) is 5.95 Å². The van der Waals surface area contributed by atoms with Crippen LogP contribution < -0.4 is 17.0 Å². The van der Waals surface area contributed by atoms with E-state index < -0.39 is 12.0 Å². The zero-order valence-electron chi connectivity index (χ0n) is 9.12. The molecule has 0 saturated carbocycles. The summed E-state index contributed by atoms with van der Waals surface area (Å²) in [5.41, 5.74) is 10.6. The minimum Gasteiger partial charge on any atom is -0.480 e. The number of aromatic amines is 2. The smallest absolute Gasteiger partial charge is 0.321 e. The van der Waals surface area contributed by atoms with Gasteiger partial charge in [0.05, 0.1) is 6.33 Å². The Morgan fingerprint density at radius 3 is 2.78 bits per heavy atom. The van der Waals surface area contributed by atoms with Crippen LogP contribution in [0.25, 0.3) is 11.2 Å². The molecule has 2 heterocycles. The SMILES string of the molecule is N[C@@H](CS)C(=O)O.Nc1nc2nc[nH]c2c(=O)[nH]1. The first-order valence-corrected chi connectivity index (χ1v) is 5.37. The van der Waals surface area contributed by atoms with Gasteiger partial charge >= 0.3 is 5.97 Å². The Morgan fingerprint density at radius 1 is 1.61 bits per heavy atom. The van der Waals surface area contributed by atoms with Gasteiger partial charge in [-0.2, -0.15) is 17.6 Å². The fourth-order valence-corrected chi connectivity index (χ4v) is 1.09. The number of fused-ring (bicyclic) bond motifs is 1. The maximum Gasteiger partial charge on any atom is 0.321 e. The lowest BCUT2D eigenvalue weighted by Gasteiger charge is -1.96. The van der Waals surface area contributed by atoms with Crippen molar-refractivity contribution in [3.8, 4) is 0 Å². The highest BCUT2D eigenvalue weighted by Gasteiger charge is 2.06. The molecule has 1 atom stereocenters. The van der Waals surface area contributed by atoms with Gasteiger partial charge in [-0.25, -0.2) is 4.98 Å². The van der Waals surface area contributed by atoms with E-state index in [2.05, 4.69) is 32.6 Å². The number of carboxylic acid groups (broad SMARTS) is 1. The summed E-state index contributed by atoms with van der Waals surface area (Å²) in [6.45, 7) is 0. The summed E-state index contributed by atoms with van der Waals surface area (Å²) in [4.78, 5) is 33.3. The molecule has 0 fully saturated rings. The van der Waals surface area contributed by atoms with Crippen LogP contribution >= 0.6 is 12.6 Å². The highest BCUT2D eigenvalue weighted by Crippen LogP contribution is 1.98. The third-order valence-electron chi connectivity index (χ3n) is 1.83. The third-order valence-corrected chi connectivity index (χ3v) is 2.22. The molecule has 0 unspecified atom stereocenters. The number of aliphatic carboxylic acids is 1. The maximum atomic E-state index is 11.0. The van der Waals surface area contributed by atoms with E-state index in [1.165, 1.54) is 6.33 Å². The fourth-order valence-electron chi connectivity index (χ4n) is 0.938. The van der Waals surface area contributed by atoms with Gasteiger partial charge in [-0.05, 0) is 0 Å². The van der Waals surface area contributed by atoms with E-state index in [1.54, 1.807) is 0 Å². The standard InChI is InChI=1S/C5H5N5O.C3H7NO2S/c6-5-9-3-2(4(11)10-5)7-1-8-3;4-2(1-7)3(5)6/h1H,(H4,6,7,8,9,10,11);2,7H,1,4H2,(H,5,6)/t;2-/m.0/s1. The number of nitrogens with zero attached hydrogens (tertiary/aromatic N) is 2. The lowest BCUT2D eigenvalue weighted by atomic mass is 10.4. The Morgan fingerprint density at radius 2 is 2.28 bits per heavy atom. The van der Waals surface area contributed by atoms with Crippen LogP contribution in [-0.2, 0) is 4.79 Å². The quantitative estimate of drug-likeness (QED) is 0.364. The van der Waals surface area contributed by atoms with Gasteiger partial charge in [0.25, 0.3) is 5.56 Å². The molecule has 98 valence electrons. The molecular weight excluding hydrogens is 260 g/mol. The molecule has 0 saturated heterocycles. The summed E-state index contributed by atoms with van der Waals surface area (Å²) < 4.78 is 0. The molecule has 0 amide bonds. The van der Waals surface area contributed by atoms with Gasteiger partial charge in [0.1, 0.15) is 6.04 Å². The molecule has 2 aromatic rings. The van der Waals surface area contributed by atoms with Crippen molar-refractivity contribution in [1.29, 1.82) is 0 Å². The molecule has 0 radical (unpaired) electrons. The van der Waals surface area contributed by atoms with E-state index in [0.717, 1.165) is 0 Å². The third kappa shape index (κ3) is 3.46. The Balaban J connectivity index is 0.000000203. The Bertz CT molecular complexity index is 594. The molecule has 0 aromatic carbocycles. The molecule has 2 rings (SSSR count). The van der Waals surface area contributed by atoms with Gasteiger partial charge in [-0.15, -0.1) is 0 Å². The van der Waals surface area contributed by atoms with Crippen molar-refractivity contribution in [2.24, 2.45) is 5.73 Å².